The molecule has 0 fully saturated rings. The molecule has 0 aliphatic rings. The number of aromatic amines is 1. The topological polar surface area (TPSA) is 66.5 Å². The van der Waals surface area contributed by atoms with Gasteiger partial charge >= 0.3 is 6.18 Å². The molecular formula is C24H16F3N5. The van der Waals surface area contributed by atoms with Gasteiger partial charge in [0, 0.05) is 28.7 Å². The lowest BCUT2D eigenvalue weighted by atomic mass is 10.1. The summed E-state index contributed by atoms with van der Waals surface area (Å²) in [5.74, 6) is 0.501. The van der Waals surface area contributed by atoms with Crippen molar-refractivity contribution in [2.24, 2.45) is 0 Å². The van der Waals surface area contributed by atoms with Gasteiger partial charge in [0.2, 0.25) is 0 Å². The largest absolute Gasteiger partial charge is 0.416 e. The van der Waals surface area contributed by atoms with Gasteiger partial charge in [-0.1, -0.05) is 24.3 Å². The molecule has 0 bridgehead atoms. The van der Waals surface area contributed by atoms with Crippen molar-refractivity contribution in [3.8, 4) is 22.6 Å². The van der Waals surface area contributed by atoms with E-state index in [0.717, 1.165) is 40.3 Å². The van der Waals surface area contributed by atoms with Gasteiger partial charge < -0.3 is 10.3 Å². The minimum absolute atomic E-state index is 0.341. The molecule has 2 aromatic heterocycles. The Labute approximate surface area is 181 Å². The molecular weight excluding hydrogens is 415 g/mol. The summed E-state index contributed by atoms with van der Waals surface area (Å²) >= 11 is 0. The summed E-state index contributed by atoms with van der Waals surface area (Å²) in [5.41, 5.74) is 4.33. The van der Waals surface area contributed by atoms with Crippen molar-refractivity contribution < 1.29 is 13.2 Å². The first-order valence-electron chi connectivity index (χ1n) is 9.78. The molecule has 2 N–H and O–H groups in total. The molecule has 0 saturated heterocycles. The standard InChI is InChI=1S/C24H16F3N5/c25-24(26,27)17-8-11-21-22(14-17)31-23(30-21)16-3-1-4-19(13-16)29-18-9-6-15(7-10-18)20-5-2-12-28-32-20/h1-14,29H,(H,30,31). The third kappa shape index (κ3) is 4.02. The van der Waals surface area contributed by atoms with E-state index >= 15 is 0 Å². The third-order valence-electron chi connectivity index (χ3n) is 4.99. The Morgan fingerprint density at radius 1 is 0.781 bits per heavy atom. The minimum atomic E-state index is -4.40. The predicted octanol–water partition coefficient (Wildman–Crippen LogP) is 6.45. The van der Waals surface area contributed by atoms with Gasteiger partial charge in [-0.3, -0.25) is 0 Å². The van der Waals surface area contributed by atoms with Gasteiger partial charge in [-0.2, -0.15) is 23.4 Å². The van der Waals surface area contributed by atoms with Gasteiger partial charge in [0.15, 0.2) is 0 Å². The fourth-order valence-electron chi connectivity index (χ4n) is 3.41. The molecule has 0 saturated carbocycles. The van der Waals surface area contributed by atoms with Crippen molar-refractivity contribution in [1.82, 2.24) is 20.2 Å². The molecule has 0 amide bonds. The van der Waals surface area contributed by atoms with Crippen molar-refractivity contribution in [2.75, 3.05) is 5.32 Å². The van der Waals surface area contributed by atoms with Crippen LogP contribution in [-0.2, 0) is 6.18 Å². The number of benzene rings is 3. The summed E-state index contributed by atoms with van der Waals surface area (Å²) in [6.07, 6.45) is -2.77. The first-order chi connectivity index (χ1) is 15.5. The van der Waals surface area contributed by atoms with Gasteiger partial charge in [0.1, 0.15) is 5.82 Å². The van der Waals surface area contributed by atoms with Gasteiger partial charge in [-0.25, -0.2) is 4.98 Å². The second kappa shape index (κ2) is 7.81. The van der Waals surface area contributed by atoms with E-state index in [-0.39, 0.29) is 0 Å². The quantitative estimate of drug-likeness (QED) is 0.343. The molecule has 0 aliphatic heterocycles. The Bertz CT molecular complexity index is 1380. The molecule has 0 atom stereocenters. The maximum Gasteiger partial charge on any atom is 0.416 e. The molecule has 32 heavy (non-hydrogen) atoms. The fraction of sp³-hybridized carbons (Fsp3) is 0.0417. The number of imidazole rings is 1. The van der Waals surface area contributed by atoms with Crippen molar-refractivity contribution in [2.45, 2.75) is 6.18 Å². The molecule has 158 valence electrons. The SMILES string of the molecule is FC(F)(F)c1ccc2nc(-c3cccc(Nc4ccc(-c5cccnn5)cc4)c3)[nH]c2c1. The van der Waals surface area contributed by atoms with Crippen LogP contribution in [0, 0.1) is 0 Å². The third-order valence-corrected chi connectivity index (χ3v) is 4.99. The number of anilines is 2. The van der Waals surface area contributed by atoms with E-state index in [4.69, 9.17) is 0 Å². The second-order valence-electron chi connectivity index (χ2n) is 7.21. The number of hydrogen-bond acceptors (Lipinski definition) is 4. The molecule has 0 spiro atoms. The zero-order valence-corrected chi connectivity index (χ0v) is 16.6. The van der Waals surface area contributed by atoms with Crippen molar-refractivity contribution in [1.29, 1.82) is 0 Å². The molecule has 5 nitrogen and oxygen atoms in total. The van der Waals surface area contributed by atoms with Crippen molar-refractivity contribution in [3.63, 3.8) is 0 Å². The fourth-order valence-corrected chi connectivity index (χ4v) is 3.41. The molecule has 5 aromatic rings. The van der Waals surface area contributed by atoms with Gasteiger partial charge in [0.05, 0.1) is 22.3 Å². The van der Waals surface area contributed by atoms with Gasteiger partial charge in [0.25, 0.3) is 0 Å². The molecule has 2 heterocycles. The van der Waals surface area contributed by atoms with Crippen LogP contribution in [0.1, 0.15) is 5.56 Å². The molecule has 0 unspecified atom stereocenters. The highest BCUT2D eigenvalue weighted by Gasteiger charge is 2.30. The molecule has 0 aliphatic carbocycles. The van der Waals surface area contributed by atoms with Crippen molar-refractivity contribution in [3.05, 3.63) is 90.6 Å². The average Bonchev–Trinajstić information content (AvgIpc) is 3.23. The summed E-state index contributed by atoms with van der Waals surface area (Å²) in [6, 6.07) is 22.5. The van der Waals surface area contributed by atoms with Gasteiger partial charge in [-0.05, 0) is 54.6 Å². The predicted molar refractivity (Wildman–Crippen MR) is 117 cm³/mol. The Hall–Kier alpha value is -4.20. The van der Waals surface area contributed by atoms with Crippen LogP contribution in [0.3, 0.4) is 0 Å². The monoisotopic (exact) mass is 431 g/mol. The smallest absolute Gasteiger partial charge is 0.356 e. The van der Waals surface area contributed by atoms with Crippen LogP contribution in [0.25, 0.3) is 33.7 Å². The summed E-state index contributed by atoms with van der Waals surface area (Å²) in [5, 5.41) is 11.3. The number of nitrogens with zero attached hydrogens (tertiary/aromatic N) is 3. The van der Waals surface area contributed by atoms with E-state index in [2.05, 4.69) is 25.5 Å². The number of alkyl halides is 3. The first kappa shape index (κ1) is 19.7. The lowest BCUT2D eigenvalue weighted by Crippen LogP contribution is -2.04. The van der Waals surface area contributed by atoms with E-state index in [0.29, 0.717) is 16.9 Å². The number of H-pyrrole nitrogens is 1. The highest BCUT2D eigenvalue weighted by atomic mass is 19.4. The number of rotatable bonds is 4. The molecule has 5 rings (SSSR count). The number of fused-ring (bicyclic) bond motifs is 1. The van der Waals surface area contributed by atoms with Crippen molar-refractivity contribution >= 4 is 22.4 Å². The summed E-state index contributed by atoms with van der Waals surface area (Å²) in [6.45, 7) is 0. The zero-order chi connectivity index (χ0) is 22.1. The molecule has 8 heteroatoms. The Morgan fingerprint density at radius 3 is 2.38 bits per heavy atom. The van der Waals surface area contributed by atoms with E-state index < -0.39 is 11.7 Å². The Morgan fingerprint density at radius 2 is 1.62 bits per heavy atom. The van der Waals surface area contributed by atoms with E-state index in [1.807, 2.05) is 60.7 Å². The zero-order valence-electron chi connectivity index (χ0n) is 16.6. The van der Waals surface area contributed by atoms with Crippen LogP contribution < -0.4 is 5.32 Å². The van der Waals surface area contributed by atoms with Crippen LogP contribution in [0.15, 0.2) is 85.1 Å². The van der Waals surface area contributed by atoms with Gasteiger partial charge in [-0.15, -0.1) is 0 Å². The summed E-state index contributed by atoms with van der Waals surface area (Å²) < 4.78 is 38.9. The average molecular weight is 431 g/mol. The maximum absolute atomic E-state index is 13.0. The Balaban J connectivity index is 1.39. The summed E-state index contributed by atoms with van der Waals surface area (Å²) in [4.78, 5) is 7.43. The second-order valence-corrected chi connectivity index (χ2v) is 7.21. The molecule has 0 radical (unpaired) electrons. The van der Waals surface area contributed by atoms with Crippen LogP contribution in [0.2, 0.25) is 0 Å². The van der Waals surface area contributed by atoms with Crippen LogP contribution in [0.4, 0.5) is 24.5 Å². The summed E-state index contributed by atoms with van der Waals surface area (Å²) in [7, 11) is 0. The maximum atomic E-state index is 13.0. The van der Waals surface area contributed by atoms with E-state index in [1.165, 1.54) is 6.07 Å². The highest BCUT2D eigenvalue weighted by molar-refractivity contribution is 5.81. The normalized spacial score (nSPS) is 11.6. The highest BCUT2D eigenvalue weighted by Crippen LogP contribution is 2.32. The first-order valence-corrected chi connectivity index (χ1v) is 9.78. The molecule has 3 aromatic carbocycles. The van der Waals surface area contributed by atoms with E-state index in [1.54, 1.807) is 6.20 Å². The number of nitrogens with one attached hydrogen (secondary N) is 2. The van der Waals surface area contributed by atoms with E-state index in [9.17, 15) is 13.2 Å². The van der Waals surface area contributed by atoms with Crippen LogP contribution in [-0.4, -0.2) is 20.2 Å². The van der Waals surface area contributed by atoms with Crippen LogP contribution in [0.5, 0.6) is 0 Å². The van der Waals surface area contributed by atoms with Crippen LogP contribution >= 0.6 is 0 Å². The number of hydrogen-bond donors (Lipinski definition) is 2. The Kier molecular flexibility index (Phi) is 4.82. The number of aromatic nitrogens is 4. The lowest BCUT2D eigenvalue weighted by molar-refractivity contribution is -0.137. The lowest BCUT2D eigenvalue weighted by Gasteiger charge is -2.08. The number of halogens is 3. The minimum Gasteiger partial charge on any atom is -0.356 e.